The zero-order valence-corrected chi connectivity index (χ0v) is 10.0. The number of nitro groups is 1. The number of hydrogen-bond acceptors (Lipinski definition) is 3. The second kappa shape index (κ2) is 4.53. The van der Waals surface area contributed by atoms with Crippen LogP contribution < -0.4 is 0 Å². The molecule has 0 unspecified atom stereocenters. The van der Waals surface area contributed by atoms with Crippen LogP contribution in [-0.4, -0.2) is 14.9 Å². The van der Waals surface area contributed by atoms with Crippen molar-refractivity contribution in [2.45, 2.75) is 6.42 Å². The number of hydrogen-bond donors (Lipinski definition) is 1. The van der Waals surface area contributed by atoms with Gasteiger partial charge in [0.05, 0.1) is 16.0 Å². The summed E-state index contributed by atoms with van der Waals surface area (Å²) in [5, 5.41) is 10.7. The Morgan fingerprint density at radius 3 is 2.68 bits per heavy atom. The molecule has 3 rings (SSSR count). The zero-order chi connectivity index (χ0) is 13.2. The molecular formula is C14H11N3O2. The lowest BCUT2D eigenvalue weighted by atomic mass is 10.1. The number of nitrogens with one attached hydrogen (secondary N) is 1. The Hall–Kier alpha value is -2.69. The van der Waals surface area contributed by atoms with Crippen molar-refractivity contribution in [2.75, 3.05) is 0 Å². The first kappa shape index (κ1) is 11.4. The zero-order valence-electron chi connectivity index (χ0n) is 10.0. The minimum Gasteiger partial charge on any atom is -0.342 e. The standard InChI is InChI=1S/C14H11N3O2/c18-17(19)11-6-7-12-13(9-11)16-14(15-12)8-10-4-2-1-3-5-10/h1-7,9H,8H2,(H,15,16). The summed E-state index contributed by atoms with van der Waals surface area (Å²) in [7, 11) is 0. The number of nitro benzene ring substituents is 1. The number of imidazole rings is 1. The molecule has 0 amide bonds. The minimum atomic E-state index is -0.412. The number of rotatable bonds is 3. The Kier molecular flexibility index (Phi) is 2.72. The molecule has 5 nitrogen and oxygen atoms in total. The van der Waals surface area contributed by atoms with E-state index in [4.69, 9.17) is 0 Å². The molecule has 0 spiro atoms. The average Bonchev–Trinajstić information content (AvgIpc) is 2.80. The number of nitrogens with zero attached hydrogens (tertiary/aromatic N) is 2. The van der Waals surface area contributed by atoms with E-state index in [1.54, 1.807) is 6.07 Å². The van der Waals surface area contributed by atoms with Crippen LogP contribution in [0.1, 0.15) is 11.4 Å². The SMILES string of the molecule is O=[N+]([O-])c1ccc2[nH]c(Cc3ccccc3)nc2c1. The maximum Gasteiger partial charge on any atom is 0.271 e. The molecule has 2 aromatic carbocycles. The third-order valence-electron chi connectivity index (χ3n) is 2.94. The van der Waals surface area contributed by atoms with Gasteiger partial charge in [-0.25, -0.2) is 4.98 Å². The van der Waals surface area contributed by atoms with Crippen LogP contribution in [0.3, 0.4) is 0 Å². The number of benzene rings is 2. The normalized spacial score (nSPS) is 10.7. The van der Waals surface area contributed by atoms with Crippen molar-refractivity contribution in [2.24, 2.45) is 0 Å². The van der Waals surface area contributed by atoms with Gasteiger partial charge in [-0.05, 0) is 11.6 Å². The molecule has 94 valence electrons. The molecule has 1 aromatic heterocycles. The minimum absolute atomic E-state index is 0.0604. The molecule has 0 aliphatic heterocycles. The van der Waals surface area contributed by atoms with Crippen LogP contribution in [0.2, 0.25) is 0 Å². The number of aromatic amines is 1. The van der Waals surface area contributed by atoms with Crippen molar-refractivity contribution >= 4 is 16.7 Å². The van der Waals surface area contributed by atoms with Crippen molar-refractivity contribution in [3.63, 3.8) is 0 Å². The van der Waals surface area contributed by atoms with Gasteiger partial charge in [0.15, 0.2) is 0 Å². The van der Waals surface area contributed by atoms with E-state index in [9.17, 15) is 10.1 Å². The van der Waals surface area contributed by atoms with Gasteiger partial charge in [0.2, 0.25) is 0 Å². The van der Waals surface area contributed by atoms with E-state index in [2.05, 4.69) is 9.97 Å². The summed E-state index contributed by atoms with van der Waals surface area (Å²) in [4.78, 5) is 17.9. The molecule has 0 bridgehead atoms. The van der Waals surface area contributed by atoms with Gasteiger partial charge in [0.1, 0.15) is 5.82 Å². The molecule has 5 heteroatoms. The van der Waals surface area contributed by atoms with Crippen LogP contribution in [0.15, 0.2) is 48.5 Å². The van der Waals surface area contributed by atoms with Gasteiger partial charge >= 0.3 is 0 Å². The highest BCUT2D eigenvalue weighted by molar-refractivity contribution is 5.77. The van der Waals surface area contributed by atoms with Gasteiger partial charge in [-0.3, -0.25) is 10.1 Å². The van der Waals surface area contributed by atoms with Gasteiger partial charge in [-0.15, -0.1) is 0 Å². The highest BCUT2D eigenvalue weighted by Gasteiger charge is 2.09. The van der Waals surface area contributed by atoms with E-state index in [0.29, 0.717) is 11.9 Å². The Morgan fingerprint density at radius 1 is 1.16 bits per heavy atom. The molecule has 1 N–H and O–H groups in total. The van der Waals surface area contributed by atoms with Crippen molar-refractivity contribution < 1.29 is 4.92 Å². The average molecular weight is 253 g/mol. The van der Waals surface area contributed by atoms with Crippen LogP contribution in [-0.2, 0) is 6.42 Å². The number of fused-ring (bicyclic) bond motifs is 1. The molecule has 0 saturated carbocycles. The Bertz CT molecular complexity index is 735. The first-order valence-electron chi connectivity index (χ1n) is 5.89. The van der Waals surface area contributed by atoms with Gasteiger partial charge in [-0.1, -0.05) is 30.3 Å². The van der Waals surface area contributed by atoms with Gasteiger partial charge in [-0.2, -0.15) is 0 Å². The summed E-state index contributed by atoms with van der Waals surface area (Å²) >= 11 is 0. The number of aromatic nitrogens is 2. The summed E-state index contributed by atoms with van der Waals surface area (Å²) in [6.45, 7) is 0. The fraction of sp³-hybridized carbons (Fsp3) is 0.0714. The molecule has 0 aliphatic rings. The van der Waals surface area contributed by atoms with E-state index in [1.807, 2.05) is 30.3 Å². The summed E-state index contributed by atoms with van der Waals surface area (Å²) < 4.78 is 0. The van der Waals surface area contributed by atoms with E-state index in [1.165, 1.54) is 12.1 Å². The van der Waals surface area contributed by atoms with Crippen molar-refractivity contribution in [3.05, 3.63) is 70.0 Å². The summed E-state index contributed by atoms with van der Waals surface area (Å²) in [5.41, 5.74) is 2.65. The smallest absolute Gasteiger partial charge is 0.271 e. The molecule has 0 aliphatic carbocycles. The number of non-ortho nitro benzene ring substituents is 1. The Labute approximate surface area is 109 Å². The Morgan fingerprint density at radius 2 is 1.95 bits per heavy atom. The third-order valence-corrected chi connectivity index (χ3v) is 2.94. The topological polar surface area (TPSA) is 71.8 Å². The van der Waals surface area contributed by atoms with Crippen LogP contribution >= 0.6 is 0 Å². The maximum atomic E-state index is 10.7. The van der Waals surface area contributed by atoms with Gasteiger partial charge in [0, 0.05) is 18.6 Å². The van der Waals surface area contributed by atoms with Crippen molar-refractivity contribution in [1.29, 1.82) is 0 Å². The summed E-state index contributed by atoms with van der Waals surface area (Å²) in [5.74, 6) is 0.807. The van der Waals surface area contributed by atoms with Crippen molar-refractivity contribution in [3.8, 4) is 0 Å². The van der Waals surface area contributed by atoms with E-state index >= 15 is 0 Å². The molecular weight excluding hydrogens is 242 g/mol. The fourth-order valence-corrected chi connectivity index (χ4v) is 2.03. The first-order chi connectivity index (χ1) is 9.22. The molecule has 1 heterocycles. The van der Waals surface area contributed by atoms with E-state index in [-0.39, 0.29) is 5.69 Å². The summed E-state index contributed by atoms with van der Waals surface area (Å²) in [6, 6.07) is 14.6. The Balaban J connectivity index is 1.95. The predicted molar refractivity (Wildman–Crippen MR) is 72.0 cm³/mol. The van der Waals surface area contributed by atoms with E-state index < -0.39 is 4.92 Å². The fourth-order valence-electron chi connectivity index (χ4n) is 2.03. The highest BCUT2D eigenvalue weighted by Crippen LogP contribution is 2.19. The summed E-state index contributed by atoms with van der Waals surface area (Å²) in [6.07, 6.45) is 0.684. The van der Waals surface area contributed by atoms with Gasteiger partial charge in [0.25, 0.3) is 5.69 Å². The van der Waals surface area contributed by atoms with Crippen LogP contribution in [0, 0.1) is 10.1 Å². The molecule has 0 radical (unpaired) electrons. The number of H-pyrrole nitrogens is 1. The predicted octanol–water partition coefficient (Wildman–Crippen LogP) is 3.06. The second-order valence-electron chi connectivity index (χ2n) is 4.30. The molecule has 0 atom stereocenters. The largest absolute Gasteiger partial charge is 0.342 e. The lowest BCUT2D eigenvalue weighted by molar-refractivity contribution is -0.384. The second-order valence-corrected chi connectivity index (χ2v) is 4.30. The van der Waals surface area contributed by atoms with Crippen LogP contribution in [0.4, 0.5) is 5.69 Å². The monoisotopic (exact) mass is 253 g/mol. The molecule has 19 heavy (non-hydrogen) atoms. The highest BCUT2D eigenvalue weighted by atomic mass is 16.6. The van der Waals surface area contributed by atoms with E-state index in [0.717, 1.165) is 16.9 Å². The maximum absolute atomic E-state index is 10.7. The molecule has 3 aromatic rings. The van der Waals surface area contributed by atoms with Crippen LogP contribution in [0.25, 0.3) is 11.0 Å². The van der Waals surface area contributed by atoms with Crippen LogP contribution in [0.5, 0.6) is 0 Å². The quantitative estimate of drug-likeness (QED) is 0.576. The molecule has 0 saturated heterocycles. The van der Waals surface area contributed by atoms with Crippen molar-refractivity contribution in [1.82, 2.24) is 9.97 Å². The lowest BCUT2D eigenvalue weighted by Crippen LogP contribution is -1.89. The molecule has 0 fully saturated rings. The third kappa shape index (κ3) is 2.30. The van der Waals surface area contributed by atoms with Gasteiger partial charge < -0.3 is 4.98 Å². The lowest BCUT2D eigenvalue weighted by Gasteiger charge is -1.96. The first-order valence-corrected chi connectivity index (χ1v) is 5.89.